The van der Waals surface area contributed by atoms with Gasteiger partial charge in [0.2, 0.25) is 0 Å². The maximum absolute atomic E-state index is 12.3. The normalized spacial score (nSPS) is 27.9. The third kappa shape index (κ3) is 4.04. The lowest BCUT2D eigenvalue weighted by Crippen LogP contribution is -3.19. The smallest absolute Gasteiger partial charge is 0.282 e. The van der Waals surface area contributed by atoms with Crippen LogP contribution in [0, 0.1) is 0 Å². The van der Waals surface area contributed by atoms with E-state index in [1.165, 1.54) is 4.90 Å². The van der Waals surface area contributed by atoms with E-state index >= 15 is 0 Å². The molecular formula is C15H22BrN2O2+. The molecule has 0 spiro atoms. The second-order valence-corrected chi connectivity index (χ2v) is 6.46. The lowest BCUT2D eigenvalue weighted by molar-refractivity contribution is -0.928. The number of hydrogen-bond donors (Lipinski definition) is 2. The van der Waals surface area contributed by atoms with Crippen LogP contribution >= 0.6 is 15.9 Å². The number of benzene rings is 1. The maximum atomic E-state index is 12.3. The van der Waals surface area contributed by atoms with Crippen molar-refractivity contribution in [3.63, 3.8) is 0 Å². The fourth-order valence-corrected chi connectivity index (χ4v) is 2.90. The Morgan fingerprint density at radius 1 is 1.30 bits per heavy atom. The minimum atomic E-state index is -0.0764. The van der Waals surface area contributed by atoms with Gasteiger partial charge in [0.25, 0.3) is 5.91 Å². The van der Waals surface area contributed by atoms with Crippen molar-refractivity contribution in [2.24, 2.45) is 0 Å². The number of quaternary nitrogens is 1. The van der Waals surface area contributed by atoms with Gasteiger partial charge in [0.05, 0.1) is 0 Å². The summed E-state index contributed by atoms with van der Waals surface area (Å²) in [6, 6.07) is 7.56. The highest BCUT2D eigenvalue weighted by Gasteiger charge is 2.32. The molecule has 1 heterocycles. The molecule has 2 rings (SSSR count). The van der Waals surface area contributed by atoms with Crippen molar-refractivity contribution in [1.29, 1.82) is 0 Å². The molecule has 0 saturated carbocycles. The number of carbonyl (C=O) groups excluding carboxylic acids is 1. The Labute approximate surface area is 128 Å². The minimum absolute atomic E-state index is 0.0589. The van der Waals surface area contributed by atoms with Crippen LogP contribution in [0.4, 0.5) is 5.69 Å². The molecule has 5 heteroatoms. The summed E-state index contributed by atoms with van der Waals surface area (Å²) in [5.74, 6) is 0.0589. The third-order valence-corrected chi connectivity index (χ3v) is 4.21. The zero-order valence-electron chi connectivity index (χ0n) is 12.2. The summed E-state index contributed by atoms with van der Waals surface area (Å²) in [6.07, 6.45) is 0.411. The summed E-state index contributed by atoms with van der Waals surface area (Å²) in [4.78, 5) is 13.6. The Morgan fingerprint density at radius 3 is 2.40 bits per heavy atom. The predicted molar refractivity (Wildman–Crippen MR) is 82.9 cm³/mol. The number of nitrogens with one attached hydrogen (secondary N) is 2. The first-order valence-electron chi connectivity index (χ1n) is 7.02. The molecule has 1 aliphatic heterocycles. The molecule has 110 valence electrons. The quantitative estimate of drug-likeness (QED) is 0.874. The molecule has 0 bridgehead atoms. The van der Waals surface area contributed by atoms with Crippen LogP contribution in [-0.4, -0.2) is 37.2 Å². The highest BCUT2D eigenvalue weighted by Crippen LogP contribution is 2.14. The highest BCUT2D eigenvalue weighted by atomic mass is 79.9. The SMILES string of the molecule is C[C@H]1C[NH+]([C@@H](C)C(=O)Nc2ccc(Br)cc2)C[C@H](C)O1. The van der Waals surface area contributed by atoms with Crippen LogP contribution in [0.15, 0.2) is 28.7 Å². The number of carbonyl (C=O) groups is 1. The average Bonchev–Trinajstić information content (AvgIpc) is 2.39. The van der Waals surface area contributed by atoms with Crippen molar-refractivity contribution >= 4 is 27.5 Å². The van der Waals surface area contributed by atoms with E-state index in [4.69, 9.17) is 4.74 Å². The average molecular weight is 342 g/mol. The Hall–Kier alpha value is -0.910. The second-order valence-electron chi connectivity index (χ2n) is 5.54. The van der Waals surface area contributed by atoms with Crippen LogP contribution in [0.25, 0.3) is 0 Å². The first-order valence-corrected chi connectivity index (χ1v) is 7.81. The van der Waals surface area contributed by atoms with Gasteiger partial charge in [0.15, 0.2) is 6.04 Å². The molecule has 1 amide bonds. The van der Waals surface area contributed by atoms with Gasteiger partial charge in [0.1, 0.15) is 25.3 Å². The van der Waals surface area contributed by atoms with Crippen LogP contribution in [-0.2, 0) is 9.53 Å². The first-order chi connectivity index (χ1) is 9.45. The monoisotopic (exact) mass is 341 g/mol. The number of hydrogen-bond acceptors (Lipinski definition) is 2. The summed E-state index contributed by atoms with van der Waals surface area (Å²) >= 11 is 3.39. The largest absolute Gasteiger partial charge is 0.364 e. The van der Waals surface area contributed by atoms with E-state index in [2.05, 4.69) is 35.1 Å². The van der Waals surface area contributed by atoms with Crippen LogP contribution in [0.5, 0.6) is 0 Å². The first kappa shape index (κ1) is 15.5. The van der Waals surface area contributed by atoms with Gasteiger partial charge in [-0.05, 0) is 45.0 Å². The summed E-state index contributed by atoms with van der Waals surface area (Å²) in [6.45, 7) is 7.86. The number of ether oxygens (including phenoxy) is 1. The number of morpholine rings is 1. The molecule has 0 radical (unpaired) electrons. The van der Waals surface area contributed by atoms with Gasteiger partial charge in [0, 0.05) is 10.2 Å². The Kier molecular flexibility index (Phi) is 5.18. The predicted octanol–water partition coefficient (Wildman–Crippen LogP) is 1.47. The van der Waals surface area contributed by atoms with Crippen molar-refractivity contribution in [3.8, 4) is 0 Å². The summed E-state index contributed by atoms with van der Waals surface area (Å²) in [7, 11) is 0. The van der Waals surface area contributed by atoms with Crippen LogP contribution in [0.2, 0.25) is 0 Å². The number of amides is 1. The molecule has 2 N–H and O–H groups in total. The maximum Gasteiger partial charge on any atom is 0.282 e. The zero-order chi connectivity index (χ0) is 14.7. The summed E-state index contributed by atoms with van der Waals surface area (Å²) < 4.78 is 6.72. The van der Waals surface area contributed by atoms with E-state index in [1.54, 1.807) is 0 Å². The van der Waals surface area contributed by atoms with Gasteiger partial charge in [-0.1, -0.05) is 15.9 Å². The standard InChI is InChI=1S/C15H21BrN2O2/c1-10-8-18(9-11(2)20-10)12(3)15(19)17-14-6-4-13(16)5-7-14/h4-7,10-12H,8-9H2,1-3H3,(H,17,19)/p+1/t10-,11-,12-/m0/s1. The van der Waals surface area contributed by atoms with E-state index in [9.17, 15) is 4.79 Å². The molecule has 0 unspecified atom stereocenters. The molecule has 0 aromatic heterocycles. The molecule has 20 heavy (non-hydrogen) atoms. The fraction of sp³-hybridized carbons (Fsp3) is 0.533. The lowest BCUT2D eigenvalue weighted by Gasteiger charge is -2.35. The van der Waals surface area contributed by atoms with Crippen LogP contribution in [0.1, 0.15) is 20.8 Å². The van der Waals surface area contributed by atoms with E-state index in [1.807, 2.05) is 31.2 Å². The van der Waals surface area contributed by atoms with Crippen molar-refractivity contribution in [2.75, 3.05) is 18.4 Å². The van der Waals surface area contributed by atoms with Gasteiger partial charge in [-0.25, -0.2) is 0 Å². The molecule has 1 fully saturated rings. The molecule has 1 saturated heterocycles. The van der Waals surface area contributed by atoms with Crippen molar-refractivity contribution in [3.05, 3.63) is 28.7 Å². The van der Waals surface area contributed by atoms with Gasteiger partial charge >= 0.3 is 0 Å². The number of halogens is 1. The highest BCUT2D eigenvalue weighted by molar-refractivity contribution is 9.10. The molecule has 4 nitrogen and oxygen atoms in total. The van der Waals surface area contributed by atoms with E-state index < -0.39 is 0 Å². The lowest BCUT2D eigenvalue weighted by atomic mass is 10.1. The Bertz CT molecular complexity index is 453. The zero-order valence-corrected chi connectivity index (χ0v) is 13.7. The fourth-order valence-electron chi connectivity index (χ4n) is 2.64. The molecule has 1 aromatic carbocycles. The summed E-state index contributed by atoms with van der Waals surface area (Å²) in [5.41, 5.74) is 0.832. The Morgan fingerprint density at radius 2 is 1.85 bits per heavy atom. The molecular weight excluding hydrogens is 320 g/mol. The number of anilines is 1. The topological polar surface area (TPSA) is 42.8 Å². The molecule has 1 aliphatic rings. The minimum Gasteiger partial charge on any atom is -0.364 e. The number of rotatable bonds is 3. The van der Waals surface area contributed by atoms with Gasteiger partial charge in [-0.15, -0.1) is 0 Å². The molecule has 1 aromatic rings. The Balaban J connectivity index is 1.96. The van der Waals surface area contributed by atoms with Gasteiger partial charge in [-0.3, -0.25) is 4.79 Å². The van der Waals surface area contributed by atoms with Gasteiger partial charge < -0.3 is 15.0 Å². The third-order valence-electron chi connectivity index (χ3n) is 3.68. The van der Waals surface area contributed by atoms with Crippen molar-refractivity contribution < 1.29 is 14.4 Å². The van der Waals surface area contributed by atoms with E-state index in [0.717, 1.165) is 23.2 Å². The summed E-state index contributed by atoms with van der Waals surface area (Å²) in [5, 5.41) is 2.97. The van der Waals surface area contributed by atoms with Gasteiger partial charge in [-0.2, -0.15) is 0 Å². The van der Waals surface area contributed by atoms with E-state index in [-0.39, 0.29) is 24.2 Å². The second kappa shape index (κ2) is 6.70. The van der Waals surface area contributed by atoms with Crippen LogP contribution in [0.3, 0.4) is 0 Å². The van der Waals surface area contributed by atoms with Crippen molar-refractivity contribution in [1.82, 2.24) is 0 Å². The molecule has 0 aliphatic carbocycles. The molecule has 3 atom stereocenters. The van der Waals surface area contributed by atoms with Crippen LogP contribution < -0.4 is 10.2 Å². The van der Waals surface area contributed by atoms with E-state index in [0.29, 0.717) is 0 Å². The van der Waals surface area contributed by atoms with Crippen molar-refractivity contribution in [2.45, 2.75) is 39.0 Å².